The Balaban J connectivity index is 1.12. The number of carbonyl (C=O) groups is 1. The number of anilines is 1. The van der Waals surface area contributed by atoms with Crippen LogP contribution in [0.4, 0.5) is 10.5 Å². The molecule has 7 heteroatoms. The molecule has 4 rings (SSSR count). The van der Waals surface area contributed by atoms with Gasteiger partial charge in [0.25, 0.3) is 0 Å². The van der Waals surface area contributed by atoms with E-state index in [1.165, 1.54) is 21.3 Å². The topological polar surface area (TPSA) is 48.1 Å². The van der Waals surface area contributed by atoms with Crippen molar-refractivity contribution in [1.29, 1.82) is 0 Å². The second-order valence-electron chi connectivity index (χ2n) is 8.43. The Morgan fingerprint density at radius 3 is 2.50 bits per heavy atom. The Labute approximate surface area is 194 Å². The van der Waals surface area contributed by atoms with Crippen molar-refractivity contribution in [3.63, 3.8) is 0 Å². The number of benzene rings is 2. The number of hydrogen-bond donors (Lipinski definition) is 1. The summed E-state index contributed by atoms with van der Waals surface area (Å²) in [5, 5.41) is 6.17. The molecule has 32 heavy (non-hydrogen) atoms. The van der Waals surface area contributed by atoms with Crippen LogP contribution in [-0.4, -0.2) is 69.3 Å². The van der Waals surface area contributed by atoms with Gasteiger partial charge in [-0.3, -0.25) is 9.80 Å². The van der Waals surface area contributed by atoms with Gasteiger partial charge in [-0.05, 0) is 40.1 Å². The predicted molar refractivity (Wildman–Crippen MR) is 132 cm³/mol. The van der Waals surface area contributed by atoms with Crippen molar-refractivity contribution < 1.29 is 9.53 Å². The summed E-state index contributed by atoms with van der Waals surface area (Å²) in [4.78, 5) is 19.0. The lowest BCUT2D eigenvalue weighted by Crippen LogP contribution is -2.47. The number of carbonyl (C=O) groups excluding carboxylic acids is 1. The van der Waals surface area contributed by atoms with E-state index in [1.807, 2.05) is 12.1 Å². The molecule has 3 aromatic rings. The first-order chi connectivity index (χ1) is 15.6. The highest BCUT2D eigenvalue weighted by atomic mass is 32.1. The quantitative estimate of drug-likeness (QED) is 0.560. The van der Waals surface area contributed by atoms with E-state index >= 15 is 0 Å². The van der Waals surface area contributed by atoms with Crippen LogP contribution in [0.15, 0.2) is 53.9 Å². The zero-order valence-corrected chi connectivity index (χ0v) is 19.7. The van der Waals surface area contributed by atoms with Crippen LogP contribution < -0.4 is 10.2 Å². The number of nitrogens with one attached hydrogen (secondary N) is 1. The van der Waals surface area contributed by atoms with Gasteiger partial charge in [0.15, 0.2) is 0 Å². The van der Waals surface area contributed by atoms with E-state index in [4.69, 9.17) is 4.74 Å². The number of fused-ring (bicyclic) bond motifs is 1. The number of rotatable bonds is 8. The smallest absolute Gasteiger partial charge is 0.407 e. The predicted octanol–water partition coefficient (Wildman–Crippen LogP) is 4.01. The summed E-state index contributed by atoms with van der Waals surface area (Å²) in [7, 11) is 4.13. The third kappa shape index (κ3) is 6.00. The fourth-order valence-electron chi connectivity index (χ4n) is 3.98. The number of thiophene rings is 1. The number of piperazine rings is 1. The number of amides is 1. The maximum atomic E-state index is 12.1. The lowest BCUT2D eigenvalue weighted by atomic mass is 10.1. The van der Waals surface area contributed by atoms with Crippen LogP contribution in [0, 0.1) is 0 Å². The van der Waals surface area contributed by atoms with E-state index < -0.39 is 0 Å². The zero-order valence-electron chi connectivity index (χ0n) is 18.9. The number of alkyl carbamates (subject to hydrolysis) is 1. The Hall–Kier alpha value is -2.61. The molecule has 1 aromatic heterocycles. The van der Waals surface area contributed by atoms with Crippen molar-refractivity contribution in [2.45, 2.75) is 13.1 Å². The molecule has 0 saturated carbocycles. The lowest BCUT2D eigenvalue weighted by molar-refractivity contribution is 0.0925. The van der Waals surface area contributed by atoms with Gasteiger partial charge in [-0.25, -0.2) is 4.79 Å². The van der Waals surface area contributed by atoms with Crippen molar-refractivity contribution in [2.24, 2.45) is 0 Å². The maximum absolute atomic E-state index is 12.1. The lowest BCUT2D eigenvalue weighted by Gasteiger charge is -2.34. The molecule has 2 heterocycles. The molecule has 170 valence electrons. The summed E-state index contributed by atoms with van der Waals surface area (Å²) in [6.07, 6.45) is -0.347. The number of ether oxygens (including phenoxy) is 1. The van der Waals surface area contributed by atoms with Gasteiger partial charge >= 0.3 is 6.09 Å². The van der Waals surface area contributed by atoms with Crippen LogP contribution in [0.2, 0.25) is 0 Å². The molecule has 1 amide bonds. The van der Waals surface area contributed by atoms with Crippen molar-refractivity contribution in [2.75, 3.05) is 58.3 Å². The fraction of sp³-hybridized carbons (Fsp3) is 0.400. The SMILES string of the molecule is CN(C)c1ccc(CN2CCN(CCOC(=O)NCc3csc4ccccc34)CC2)cc1. The highest BCUT2D eigenvalue weighted by Gasteiger charge is 2.17. The van der Waals surface area contributed by atoms with Crippen LogP contribution >= 0.6 is 11.3 Å². The molecule has 0 atom stereocenters. The molecule has 6 nitrogen and oxygen atoms in total. The van der Waals surface area contributed by atoms with E-state index in [0.29, 0.717) is 13.2 Å². The van der Waals surface area contributed by atoms with Gasteiger partial charge in [0, 0.05) is 70.3 Å². The second-order valence-corrected chi connectivity index (χ2v) is 9.34. The molecule has 1 aliphatic heterocycles. The molecule has 0 bridgehead atoms. The van der Waals surface area contributed by atoms with Gasteiger partial charge in [0.2, 0.25) is 0 Å². The highest BCUT2D eigenvalue weighted by molar-refractivity contribution is 7.17. The summed E-state index contributed by atoms with van der Waals surface area (Å²) in [6.45, 7) is 6.75. The minimum absolute atomic E-state index is 0.347. The van der Waals surface area contributed by atoms with Gasteiger partial charge in [-0.1, -0.05) is 30.3 Å². The molecule has 1 saturated heterocycles. The van der Waals surface area contributed by atoms with Gasteiger partial charge in [-0.2, -0.15) is 0 Å². The van der Waals surface area contributed by atoms with Crippen LogP contribution in [0.1, 0.15) is 11.1 Å². The standard InChI is InChI=1S/C25H32N4O2S/c1-27(2)22-9-7-20(8-10-22)18-29-13-11-28(12-14-29)15-16-31-25(30)26-17-21-19-32-24-6-4-3-5-23(21)24/h3-10,19H,11-18H2,1-2H3,(H,26,30). The average Bonchev–Trinajstić information content (AvgIpc) is 3.22. The Morgan fingerprint density at radius 1 is 1.03 bits per heavy atom. The van der Waals surface area contributed by atoms with Crippen molar-refractivity contribution in [1.82, 2.24) is 15.1 Å². The molecular weight excluding hydrogens is 420 g/mol. The third-order valence-electron chi connectivity index (χ3n) is 5.95. The number of hydrogen-bond acceptors (Lipinski definition) is 6. The molecule has 1 fully saturated rings. The fourth-order valence-corrected chi connectivity index (χ4v) is 4.95. The van der Waals surface area contributed by atoms with E-state index in [-0.39, 0.29) is 6.09 Å². The minimum Gasteiger partial charge on any atom is -0.448 e. The van der Waals surface area contributed by atoms with E-state index in [1.54, 1.807) is 11.3 Å². The first kappa shape index (κ1) is 22.6. The van der Waals surface area contributed by atoms with Crippen LogP contribution in [0.3, 0.4) is 0 Å². The summed E-state index contributed by atoms with van der Waals surface area (Å²) in [5.41, 5.74) is 3.71. The van der Waals surface area contributed by atoms with E-state index in [2.05, 4.69) is 75.9 Å². The summed E-state index contributed by atoms with van der Waals surface area (Å²) in [5.74, 6) is 0. The van der Waals surface area contributed by atoms with Crippen molar-refractivity contribution in [3.8, 4) is 0 Å². The minimum atomic E-state index is -0.347. The van der Waals surface area contributed by atoms with Gasteiger partial charge in [-0.15, -0.1) is 11.3 Å². The molecular formula is C25H32N4O2S. The molecule has 2 aromatic carbocycles. The third-order valence-corrected chi connectivity index (χ3v) is 6.96. The first-order valence-electron chi connectivity index (χ1n) is 11.2. The zero-order chi connectivity index (χ0) is 22.3. The maximum Gasteiger partial charge on any atom is 0.407 e. The van der Waals surface area contributed by atoms with Gasteiger partial charge in [0.1, 0.15) is 6.61 Å². The largest absolute Gasteiger partial charge is 0.448 e. The molecule has 0 spiro atoms. The van der Waals surface area contributed by atoms with Crippen LogP contribution in [-0.2, 0) is 17.8 Å². The van der Waals surface area contributed by atoms with E-state index in [0.717, 1.165) is 44.8 Å². The normalized spacial score (nSPS) is 15.1. The Kier molecular flexibility index (Phi) is 7.63. The van der Waals surface area contributed by atoms with Crippen LogP contribution in [0.25, 0.3) is 10.1 Å². The Morgan fingerprint density at radius 2 is 1.75 bits per heavy atom. The van der Waals surface area contributed by atoms with Crippen LogP contribution in [0.5, 0.6) is 0 Å². The monoisotopic (exact) mass is 452 g/mol. The number of nitrogens with zero attached hydrogens (tertiary/aromatic N) is 3. The molecule has 1 N–H and O–H groups in total. The summed E-state index contributed by atoms with van der Waals surface area (Å²) < 4.78 is 6.64. The molecule has 0 unspecified atom stereocenters. The molecule has 0 aliphatic carbocycles. The van der Waals surface area contributed by atoms with Crippen molar-refractivity contribution in [3.05, 3.63) is 65.0 Å². The molecule has 0 radical (unpaired) electrons. The van der Waals surface area contributed by atoms with Gasteiger partial charge < -0.3 is 15.0 Å². The Bertz CT molecular complexity index is 1010. The van der Waals surface area contributed by atoms with Gasteiger partial charge in [0.05, 0.1) is 0 Å². The highest BCUT2D eigenvalue weighted by Crippen LogP contribution is 2.25. The van der Waals surface area contributed by atoms with E-state index in [9.17, 15) is 4.79 Å². The summed E-state index contributed by atoms with van der Waals surface area (Å²) in [6, 6.07) is 17.0. The molecule has 1 aliphatic rings. The first-order valence-corrected chi connectivity index (χ1v) is 12.0. The van der Waals surface area contributed by atoms with Crippen molar-refractivity contribution >= 4 is 33.2 Å². The second kappa shape index (κ2) is 10.8. The summed E-state index contributed by atoms with van der Waals surface area (Å²) >= 11 is 1.70. The average molecular weight is 453 g/mol.